The van der Waals surface area contributed by atoms with E-state index >= 15 is 0 Å². The highest BCUT2D eigenvalue weighted by atomic mass is 79.9. The summed E-state index contributed by atoms with van der Waals surface area (Å²) >= 11 is 6.31. The van der Waals surface area contributed by atoms with E-state index in [1.54, 1.807) is 0 Å². The van der Waals surface area contributed by atoms with Crippen LogP contribution in [0.1, 0.15) is 32.1 Å². The minimum absolute atomic E-state index is 0.0423. The molecule has 0 spiro atoms. The van der Waals surface area contributed by atoms with Crippen molar-refractivity contribution in [2.24, 2.45) is 0 Å². The van der Waals surface area contributed by atoms with E-state index in [2.05, 4.69) is 36.8 Å². The molecule has 1 aliphatic rings. The molecular formula is C16H19BrN4OS2. The molecule has 0 saturated heterocycles. The van der Waals surface area contributed by atoms with Crippen molar-refractivity contribution in [3.05, 3.63) is 28.7 Å². The van der Waals surface area contributed by atoms with Crippen LogP contribution in [-0.2, 0) is 4.79 Å². The van der Waals surface area contributed by atoms with Crippen LogP contribution >= 0.6 is 39.0 Å². The number of aromatic nitrogens is 2. The second-order valence-electron chi connectivity index (χ2n) is 5.70. The molecule has 5 nitrogen and oxygen atoms in total. The average Bonchev–Trinajstić information content (AvgIpc) is 3.03. The number of amides is 1. The van der Waals surface area contributed by atoms with E-state index in [-0.39, 0.29) is 5.91 Å². The van der Waals surface area contributed by atoms with Crippen molar-refractivity contribution in [3.8, 4) is 0 Å². The van der Waals surface area contributed by atoms with Crippen LogP contribution in [0.25, 0.3) is 0 Å². The summed E-state index contributed by atoms with van der Waals surface area (Å²) in [7, 11) is 0. The summed E-state index contributed by atoms with van der Waals surface area (Å²) in [5, 5.41) is 15.5. The minimum atomic E-state index is -0.0423. The molecule has 24 heavy (non-hydrogen) atoms. The molecule has 3 rings (SSSR count). The molecule has 1 fully saturated rings. The lowest BCUT2D eigenvalue weighted by Crippen LogP contribution is -2.21. The second kappa shape index (κ2) is 8.82. The number of carbonyl (C=O) groups is 1. The topological polar surface area (TPSA) is 66.9 Å². The largest absolute Gasteiger partial charge is 0.357 e. The Morgan fingerprint density at radius 1 is 1.21 bits per heavy atom. The van der Waals surface area contributed by atoms with Crippen molar-refractivity contribution in [1.29, 1.82) is 0 Å². The summed E-state index contributed by atoms with van der Waals surface area (Å²) in [5.41, 5.74) is 0.792. The van der Waals surface area contributed by atoms with Gasteiger partial charge >= 0.3 is 0 Å². The Labute approximate surface area is 158 Å². The molecule has 0 aliphatic heterocycles. The number of hydrogen-bond donors (Lipinski definition) is 2. The zero-order valence-corrected chi connectivity index (χ0v) is 16.3. The summed E-state index contributed by atoms with van der Waals surface area (Å²) in [6, 6.07) is 8.05. The molecule has 2 N–H and O–H groups in total. The molecule has 128 valence electrons. The fraction of sp³-hybridized carbons (Fsp3) is 0.438. The molecule has 0 radical (unpaired) electrons. The molecule has 1 amide bonds. The van der Waals surface area contributed by atoms with E-state index in [1.165, 1.54) is 55.2 Å². The molecule has 1 aliphatic carbocycles. The van der Waals surface area contributed by atoms with Gasteiger partial charge in [-0.25, -0.2) is 0 Å². The maximum Gasteiger partial charge on any atom is 0.234 e. The van der Waals surface area contributed by atoms with Gasteiger partial charge in [0, 0.05) is 16.2 Å². The Morgan fingerprint density at radius 3 is 2.71 bits per heavy atom. The van der Waals surface area contributed by atoms with Crippen molar-refractivity contribution < 1.29 is 4.79 Å². The van der Waals surface area contributed by atoms with E-state index in [0.29, 0.717) is 11.8 Å². The van der Waals surface area contributed by atoms with E-state index in [0.717, 1.165) is 19.6 Å². The van der Waals surface area contributed by atoms with Crippen LogP contribution in [0.4, 0.5) is 10.8 Å². The van der Waals surface area contributed by atoms with Crippen LogP contribution in [0.2, 0.25) is 0 Å². The van der Waals surface area contributed by atoms with Gasteiger partial charge in [-0.15, -0.1) is 10.2 Å². The highest BCUT2D eigenvalue weighted by Crippen LogP contribution is 2.28. The molecule has 1 aromatic carbocycles. The average molecular weight is 427 g/mol. The third kappa shape index (κ3) is 5.46. The van der Waals surface area contributed by atoms with Gasteiger partial charge in [0.1, 0.15) is 0 Å². The highest BCUT2D eigenvalue weighted by Gasteiger charge is 2.15. The number of thioether (sulfide) groups is 1. The SMILES string of the molecule is O=C(CSc1nnc(NC2CCCCC2)s1)Nc1ccc(Br)cc1. The number of nitrogens with one attached hydrogen (secondary N) is 2. The molecule has 0 bridgehead atoms. The number of rotatable bonds is 6. The fourth-order valence-electron chi connectivity index (χ4n) is 2.61. The molecule has 1 aromatic heterocycles. The number of hydrogen-bond acceptors (Lipinski definition) is 6. The zero-order chi connectivity index (χ0) is 16.8. The lowest BCUT2D eigenvalue weighted by Gasteiger charge is -2.21. The van der Waals surface area contributed by atoms with E-state index in [9.17, 15) is 4.79 Å². The van der Waals surface area contributed by atoms with Gasteiger partial charge in [0.05, 0.1) is 5.75 Å². The molecule has 1 heterocycles. The first-order chi connectivity index (χ1) is 11.7. The summed E-state index contributed by atoms with van der Waals surface area (Å²) in [6.45, 7) is 0. The van der Waals surface area contributed by atoms with Gasteiger partial charge in [0.2, 0.25) is 11.0 Å². The maximum absolute atomic E-state index is 12.0. The number of benzene rings is 1. The Bertz CT molecular complexity index is 671. The number of halogens is 1. The van der Waals surface area contributed by atoms with Crippen molar-refractivity contribution in [3.63, 3.8) is 0 Å². The van der Waals surface area contributed by atoms with Crippen LogP contribution in [-0.4, -0.2) is 27.9 Å². The normalized spacial score (nSPS) is 15.2. The quantitative estimate of drug-likeness (QED) is 0.650. The standard InChI is InChI=1S/C16H19BrN4OS2/c17-11-6-8-13(9-7-11)18-14(22)10-23-16-21-20-15(24-16)19-12-4-2-1-3-5-12/h6-9,12H,1-5,10H2,(H,18,22)(H,19,20). The summed E-state index contributed by atoms with van der Waals surface area (Å²) in [6.07, 6.45) is 6.32. The van der Waals surface area contributed by atoms with Gasteiger partial charge in [-0.3, -0.25) is 4.79 Å². The van der Waals surface area contributed by atoms with Crippen molar-refractivity contribution in [1.82, 2.24) is 10.2 Å². The zero-order valence-electron chi connectivity index (χ0n) is 13.1. The van der Waals surface area contributed by atoms with Crippen LogP contribution in [0.3, 0.4) is 0 Å². The lowest BCUT2D eigenvalue weighted by molar-refractivity contribution is -0.113. The number of nitrogens with zero attached hydrogens (tertiary/aromatic N) is 2. The van der Waals surface area contributed by atoms with Gasteiger partial charge in [0.15, 0.2) is 4.34 Å². The molecule has 8 heteroatoms. The smallest absolute Gasteiger partial charge is 0.234 e. The Balaban J connectivity index is 1.44. The van der Waals surface area contributed by atoms with Crippen LogP contribution in [0.15, 0.2) is 33.1 Å². The van der Waals surface area contributed by atoms with Crippen molar-refractivity contribution >= 4 is 55.8 Å². The third-order valence-corrected chi connectivity index (χ3v) is 6.31. The summed E-state index contributed by atoms with van der Waals surface area (Å²) < 4.78 is 1.81. The van der Waals surface area contributed by atoms with Gasteiger partial charge in [-0.2, -0.15) is 0 Å². The second-order valence-corrected chi connectivity index (χ2v) is 8.81. The van der Waals surface area contributed by atoms with E-state index < -0.39 is 0 Å². The fourth-order valence-corrected chi connectivity index (χ4v) is 4.50. The van der Waals surface area contributed by atoms with Gasteiger partial charge in [0.25, 0.3) is 0 Å². The molecular weight excluding hydrogens is 408 g/mol. The van der Waals surface area contributed by atoms with Gasteiger partial charge < -0.3 is 10.6 Å². The van der Waals surface area contributed by atoms with Crippen LogP contribution in [0.5, 0.6) is 0 Å². The molecule has 0 atom stereocenters. The monoisotopic (exact) mass is 426 g/mol. The molecule has 2 aromatic rings. The lowest BCUT2D eigenvalue weighted by atomic mass is 9.96. The Morgan fingerprint density at radius 2 is 1.96 bits per heavy atom. The number of anilines is 2. The van der Waals surface area contributed by atoms with Crippen molar-refractivity contribution in [2.45, 2.75) is 42.5 Å². The predicted octanol–water partition coefficient (Wildman–Crippen LogP) is 4.78. The Kier molecular flexibility index (Phi) is 6.51. The number of carbonyl (C=O) groups excluding carboxylic acids is 1. The summed E-state index contributed by atoms with van der Waals surface area (Å²) in [5.74, 6) is 0.285. The predicted molar refractivity (Wildman–Crippen MR) is 104 cm³/mol. The summed E-state index contributed by atoms with van der Waals surface area (Å²) in [4.78, 5) is 12.0. The van der Waals surface area contributed by atoms with Crippen LogP contribution < -0.4 is 10.6 Å². The van der Waals surface area contributed by atoms with Crippen LogP contribution in [0, 0.1) is 0 Å². The molecule has 0 unspecified atom stereocenters. The Hall–Kier alpha value is -1.12. The van der Waals surface area contributed by atoms with E-state index in [1.807, 2.05) is 24.3 Å². The first kappa shape index (κ1) is 17.7. The third-order valence-electron chi connectivity index (χ3n) is 3.79. The first-order valence-corrected chi connectivity index (χ1v) is 10.6. The minimum Gasteiger partial charge on any atom is -0.357 e. The van der Waals surface area contributed by atoms with Crippen molar-refractivity contribution in [2.75, 3.05) is 16.4 Å². The van der Waals surface area contributed by atoms with Gasteiger partial charge in [-0.05, 0) is 37.1 Å². The molecule has 1 saturated carbocycles. The first-order valence-electron chi connectivity index (χ1n) is 7.97. The van der Waals surface area contributed by atoms with E-state index in [4.69, 9.17) is 0 Å². The van der Waals surface area contributed by atoms with Gasteiger partial charge in [-0.1, -0.05) is 58.3 Å². The maximum atomic E-state index is 12.0. The highest BCUT2D eigenvalue weighted by molar-refractivity contribution is 9.10.